The number of anilines is 2. The molecule has 8 heteroatoms. The SMILES string of the molecule is CC1CCN(c2ccc([N+](=O)[O-])cc2C(=O)Nc2cccc(C(N)=O)c2)CC1. The number of non-ortho nitro benzene ring substituents is 1. The van der Waals surface area contributed by atoms with Crippen LogP contribution in [-0.2, 0) is 0 Å². The minimum Gasteiger partial charge on any atom is -0.371 e. The molecule has 1 fully saturated rings. The van der Waals surface area contributed by atoms with Crippen LogP contribution in [0.4, 0.5) is 17.1 Å². The topological polar surface area (TPSA) is 119 Å². The first-order valence-electron chi connectivity index (χ1n) is 9.09. The van der Waals surface area contributed by atoms with E-state index < -0.39 is 16.7 Å². The summed E-state index contributed by atoms with van der Waals surface area (Å²) in [6.07, 6.45) is 2.00. The third-order valence-electron chi connectivity index (χ3n) is 4.96. The number of benzene rings is 2. The molecule has 2 aromatic rings. The van der Waals surface area contributed by atoms with Gasteiger partial charge in [-0.2, -0.15) is 0 Å². The van der Waals surface area contributed by atoms with Gasteiger partial charge in [0.1, 0.15) is 0 Å². The average molecular weight is 382 g/mol. The molecule has 1 heterocycles. The van der Waals surface area contributed by atoms with Crippen molar-refractivity contribution in [2.75, 3.05) is 23.3 Å². The van der Waals surface area contributed by atoms with E-state index in [1.807, 2.05) is 0 Å². The van der Waals surface area contributed by atoms with Gasteiger partial charge >= 0.3 is 0 Å². The average Bonchev–Trinajstić information content (AvgIpc) is 2.68. The van der Waals surface area contributed by atoms with Crippen LogP contribution in [0, 0.1) is 16.0 Å². The number of carbonyl (C=O) groups excluding carboxylic acids is 2. The van der Waals surface area contributed by atoms with Crippen molar-refractivity contribution in [2.45, 2.75) is 19.8 Å². The molecule has 2 amide bonds. The maximum absolute atomic E-state index is 12.9. The van der Waals surface area contributed by atoms with E-state index in [2.05, 4.69) is 17.1 Å². The van der Waals surface area contributed by atoms with Crippen LogP contribution < -0.4 is 16.0 Å². The molecule has 28 heavy (non-hydrogen) atoms. The van der Waals surface area contributed by atoms with Gasteiger partial charge < -0.3 is 16.0 Å². The number of carbonyl (C=O) groups is 2. The molecule has 8 nitrogen and oxygen atoms in total. The number of hydrogen-bond acceptors (Lipinski definition) is 5. The summed E-state index contributed by atoms with van der Waals surface area (Å²) in [7, 11) is 0. The molecule has 1 aliphatic heterocycles. The van der Waals surface area contributed by atoms with Crippen LogP contribution >= 0.6 is 0 Å². The van der Waals surface area contributed by atoms with Crippen molar-refractivity contribution >= 4 is 28.9 Å². The number of piperidine rings is 1. The first-order valence-corrected chi connectivity index (χ1v) is 9.09. The maximum atomic E-state index is 12.9. The van der Waals surface area contributed by atoms with E-state index >= 15 is 0 Å². The van der Waals surface area contributed by atoms with Crippen molar-refractivity contribution in [3.05, 3.63) is 63.7 Å². The zero-order valence-electron chi connectivity index (χ0n) is 15.6. The number of nitro benzene ring substituents is 1. The van der Waals surface area contributed by atoms with E-state index in [1.54, 1.807) is 24.3 Å². The Morgan fingerprint density at radius 3 is 2.54 bits per heavy atom. The molecule has 2 aromatic carbocycles. The molecule has 0 bridgehead atoms. The van der Waals surface area contributed by atoms with Crippen molar-refractivity contribution in [2.24, 2.45) is 11.7 Å². The molecule has 0 unspecified atom stereocenters. The van der Waals surface area contributed by atoms with Gasteiger partial charge in [0.2, 0.25) is 5.91 Å². The number of primary amides is 1. The minimum atomic E-state index is -0.602. The molecule has 1 saturated heterocycles. The molecule has 0 aromatic heterocycles. The molecular weight excluding hydrogens is 360 g/mol. The number of amides is 2. The van der Waals surface area contributed by atoms with Crippen LogP contribution in [0.25, 0.3) is 0 Å². The van der Waals surface area contributed by atoms with Crippen molar-refractivity contribution in [3.63, 3.8) is 0 Å². The highest BCUT2D eigenvalue weighted by molar-refractivity contribution is 6.09. The first kappa shape index (κ1) is 19.3. The van der Waals surface area contributed by atoms with Gasteiger partial charge in [-0.15, -0.1) is 0 Å². The molecule has 1 aliphatic rings. The van der Waals surface area contributed by atoms with Gasteiger partial charge in [0.05, 0.1) is 16.2 Å². The second-order valence-electron chi connectivity index (χ2n) is 7.03. The second kappa shape index (κ2) is 8.08. The normalized spacial score (nSPS) is 14.5. The number of nitrogens with one attached hydrogen (secondary N) is 1. The Balaban J connectivity index is 1.92. The fourth-order valence-electron chi connectivity index (χ4n) is 3.29. The van der Waals surface area contributed by atoms with Crippen molar-refractivity contribution in [3.8, 4) is 0 Å². The quantitative estimate of drug-likeness (QED) is 0.608. The van der Waals surface area contributed by atoms with Gasteiger partial charge in [0.25, 0.3) is 11.6 Å². The summed E-state index contributed by atoms with van der Waals surface area (Å²) in [5.74, 6) is -0.461. The number of rotatable bonds is 5. The van der Waals surface area contributed by atoms with Crippen molar-refractivity contribution < 1.29 is 14.5 Å². The lowest BCUT2D eigenvalue weighted by Gasteiger charge is -2.33. The van der Waals surface area contributed by atoms with Gasteiger partial charge in [0, 0.05) is 36.5 Å². The van der Waals surface area contributed by atoms with Gasteiger partial charge in [-0.05, 0) is 43.0 Å². The van der Waals surface area contributed by atoms with Crippen LogP contribution in [0.2, 0.25) is 0 Å². The lowest BCUT2D eigenvalue weighted by atomic mass is 9.98. The monoisotopic (exact) mass is 382 g/mol. The molecule has 3 rings (SSSR count). The molecule has 0 aliphatic carbocycles. The summed E-state index contributed by atoms with van der Waals surface area (Å²) >= 11 is 0. The second-order valence-corrected chi connectivity index (χ2v) is 7.03. The lowest BCUT2D eigenvalue weighted by molar-refractivity contribution is -0.384. The standard InChI is InChI=1S/C20H22N4O4/c1-13-7-9-23(10-8-13)18-6-5-16(24(27)28)12-17(18)20(26)22-15-4-2-3-14(11-15)19(21)25/h2-6,11-13H,7-10H2,1H3,(H2,21,25)(H,22,26). The number of nitrogens with zero attached hydrogens (tertiary/aromatic N) is 2. The summed E-state index contributed by atoms with van der Waals surface area (Å²) < 4.78 is 0. The Labute approximate surface area is 162 Å². The molecule has 0 spiro atoms. The van der Waals surface area contributed by atoms with Gasteiger partial charge in [-0.3, -0.25) is 19.7 Å². The summed E-state index contributed by atoms with van der Waals surface area (Å²) in [5.41, 5.74) is 6.69. The van der Waals surface area contributed by atoms with Gasteiger partial charge in [0.15, 0.2) is 0 Å². The smallest absolute Gasteiger partial charge is 0.270 e. The number of nitro groups is 1. The van der Waals surface area contributed by atoms with Crippen LogP contribution in [0.15, 0.2) is 42.5 Å². The van der Waals surface area contributed by atoms with Gasteiger partial charge in [-0.1, -0.05) is 13.0 Å². The predicted molar refractivity (Wildman–Crippen MR) is 107 cm³/mol. The Kier molecular flexibility index (Phi) is 5.58. The fraction of sp³-hybridized carbons (Fsp3) is 0.300. The maximum Gasteiger partial charge on any atom is 0.270 e. The largest absolute Gasteiger partial charge is 0.371 e. The van der Waals surface area contributed by atoms with Crippen LogP contribution in [0.5, 0.6) is 0 Å². The molecule has 146 valence electrons. The van der Waals surface area contributed by atoms with Gasteiger partial charge in [-0.25, -0.2) is 0 Å². The zero-order valence-corrected chi connectivity index (χ0v) is 15.6. The Morgan fingerprint density at radius 1 is 1.18 bits per heavy atom. The van der Waals surface area contributed by atoms with Crippen LogP contribution in [0.3, 0.4) is 0 Å². The number of hydrogen-bond donors (Lipinski definition) is 2. The molecular formula is C20H22N4O4. The Hall–Kier alpha value is -3.42. The molecule has 0 atom stereocenters. The van der Waals surface area contributed by atoms with E-state index in [9.17, 15) is 19.7 Å². The third-order valence-corrected chi connectivity index (χ3v) is 4.96. The third kappa shape index (κ3) is 4.28. The number of nitrogens with two attached hydrogens (primary N) is 1. The van der Waals surface area contributed by atoms with Crippen molar-refractivity contribution in [1.82, 2.24) is 0 Å². The zero-order chi connectivity index (χ0) is 20.3. The first-order chi connectivity index (χ1) is 13.3. The Morgan fingerprint density at radius 2 is 1.89 bits per heavy atom. The predicted octanol–water partition coefficient (Wildman–Crippen LogP) is 3.18. The van der Waals surface area contributed by atoms with Crippen LogP contribution in [0.1, 0.15) is 40.5 Å². The molecule has 3 N–H and O–H groups in total. The summed E-state index contributed by atoms with van der Waals surface area (Å²) in [6.45, 7) is 3.76. The van der Waals surface area contributed by atoms with E-state index in [0.29, 0.717) is 17.3 Å². The summed E-state index contributed by atoms with van der Waals surface area (Å²) in [6, 6.07) is 10.6. The lowest BCUT2D eigenvalue weighted by Crippen LogP contribution is -2.34. The minimum absolute atomic E-state index is 0.148. The van der Waals surface area contributed by atoms with Crippen LogP contribution in [-0.4, -0.2) is 29.8 Å². The highest BCUT2D eigenvalue weighted by Crippen LogP contribution is 2.30. The molecule has 0 saturated carbocycles. The fourth-order valence-corrected chi connectivity index (χ4v) is 3.29. The summed E-state index contributed by atoms with van der Waals surface area (Å²) in [5, 5.41) is 13.9. The van der Waals surface area contributed by atoms with Crippen molar-refractivity contribution in [1.29, 1.82) is 0 Å². The highest BCUT2D eigenvalue weighted by Gasteiger charge is 2.23. The highest BCUT2D eigenvalue weighted by atomic mass is 16.6. The van der Waals surface area contributed by atoms with E-state index in [-0.39, 0.29) is 16.8 Å². The van der Waals surface area contributed by atoms with E-state index in [1.165, 1.54) is 18.2 Å². The summed E-state index contributed by atoms with van der Waals surface area (Å²) in [4.78, 5) is 37.0. The van der Waals surface area contributed by atoms with E-state index in [4.69, 9.17) is 5.73 Å². The molecule has 0 radical (unpaired) electrons. The Bertz CT molecular complexity index is 920. The van der Waals surface area contributed by atoms with E-state index in [0.717, 1.165) is 25.9 Å².